The maximum Gasteiger partial charge on any atom is 0.251 e. The summed E-state index contributed by atoms with van der Waals surface area (Å²) in [5, 5.41) is 7.27. The molecule has 0 radical (unpaired) electrons. The molecule has 5 nitrogen and oxygen atoms in total. The maximum absolute atomic E-state index is 12.3. The molecule has 0 saturated carbocycles. The van der Waals surface area contributed by atoms with E-state index in [0.717, 1.165) is 24.0 Å². The Labute approximate surface area is 144 Å². The fourth-order valence-corrected chi connectivity index (χ4v) is 2.65. The number of aromatic nitrogens is 2. The van der Waals surface area contributed by atoms with Crippen molar-refractivity contribution < 1.29 is 9.53 Å². The quantitative estimate of drug-likeness (QED) is 0.757. The molecule has 5 heteroatoms. The van der Waals surface area contributed by atoms with E-state index in [2.05, 4.69) is 17.3 Å². The van der Waals surface area contributed by atoms with E-state index in [1.807, 2.05) is 56.0 Å². The van der Waals surface area contributed by atoms with E-state index >= 15 is 0 Å². The van der Waals surface area contributed by atoms with Gasteiger partial charge in [-0.05, 0) is 44.4 Å². The number of rotatable bonds is 8. The highest BCUT2D eigenvalue weighted by atomic mass is 16.5. The Balaban J connectivity index is 2.00. The standard InChI is InChI=1S/C19H27N3O2/c1-5-18-17(13-21-22(18)4)15-8-6-9-16(12-15)19(23)20-10-7-11-24-14(2)3/h6,8-9,12-14H,5,7,10-11H2,1-4H3,(H,20,23). The summed E-state index contributed by atoms with van der Waals surface area (Å²) in [6.07, 6.45) is 3.80. The highest BCUT2D eigenvalue weighted by Crippen LogP contribution is 2.24. The molecule has 130 valence electrons. The number of ether oxygens (including phenoxy) is 1. The number of carbonyl (C=O) groups excluding carboxylic acids is 1. The molecule has 0 atom stereocenters. The third kappa shape index (κ3) is 4.68. The topological polar surface area (TPSA) is 56.1 Å². The van der Waals surface area contributed by atoms with Gasteiger partial charge in [-0.25, -0.2) is 0 Å². The Kier molecular flexibility index (Phi) is 6.55. The van der Waals surface area contributed by atoms with Crippen LogP contribution in [0.25, 0.3) is 11.1 Å². The third-order valence-electron chi connectivity index (χ3n) is 3.89. The SMILES string of the molecule is CCc1c(-c2cccc(C(=O)NCCCOC(C)C)c2)cnn1C. The minimum Gasteiger partial charge on any atom is -0.379 e. The zero-order chi connectivity index (χ0) is 17.5. The van der Waals surface area contributed by atoms with Crippen LogP contribution < -0.4 is 5.32 Å². The summed E-state index contributed by atoms with van der Waals surface area (Å²) >= 11 is 0. The summed E-state index contributed by atoms with van der Waals surface area (Å²) in [5.41, 5.74) is 3.94. The van der Waals surface area contributed by atoms with Crippen molar-refractivity contribution in [1.29, 1.82) is 0 Å². The lowest BCUT2D eigenvalue weighted by Crippen LogP contribution is -2.25. The van der Waals surface area contributed by atoms with E-state index in [1.165, 1.54) is 5.69 Å². The Bertz CT molecular complexity index is 677. The molecule has 1 aromatic carbocycles. The van der Waals surface area contributed by atoms with Crippen molar-refractivity contribution in [1.82, 2.24) is 15.1 Å². The molecule has 24 heavy (non-hydrogen) atoms. The zero-order valence-corrected chi connectivity index (χ0v) is 15.0. The molecule has 0 aliphatic carbocycles. The molecule has 0 unspecified atom stereocenters. The van der Waals surface area contributed by atoms with Gasteiger partial charge in [0.2, 0.25) is 0 Å². The summed E-state index contributed by atoms with van der Waals surface area (Å²) in [6.45, 7) is 7.40. The van der Waals surface area contributed by atoms with Crippen molar-refractivity contribution in [2.45, 2.75) is 39.7 Å². The van der Waals surface area contributed by atoms with Gasteiger partial charge < -0.3 is 10.1 Å². The van der Waals surface area contributed by atoms with Crippen LogP contribution in [0, 0.1) is 0 Å². The van der Waals surface area contributed by atoms with Gasteiger partial charge in [0, 0.05) is 37.0 Å². The highest BCUT2D eigenvalue weighted by Gasteiger charge is 2.11. The molecule has 0 aliphatic rings. The first-order chi connectivity index (χ1) is 11.5. The van der Waals surface area contributed by atoms with Crippen LogP contribution >= 0.6 is 0 Å². The largest absolute Gasteiger partial charge is 0.379 e. The molecule has 0 spiro atoms. The molecule has 0 bridgehead atoms. The van der Waals surface area contributed by atoms with Crippen LogP contribution in [0.2, 0.25) is 0 Å². The van der Waals surface area contributed by atoms with Gasteiger partial charge >= 0.3 is 0 Å². The van der Waals surface area contributed by atoms with Crippen molar-refractivity contribution in [3.05, 3.63) is 41.7 Å². The Morgan fingerprint density at radius 3 is 2.88 bits per heavy atom. The van der Waals surface area contributed by atoms with Gasteiger partial charge in [0.15, 0.2) is 0 Å². The van der Waals surface area contributed by atoms with Crippen LogP contribution in [-0.4, -0.2) is 34.9 Å². The van der Waals surface area contributed by atoms with Crippen molar-refractivity contribution in [2.75, 3.05) is 13.2 Å². The van der Waals surface area contributed by atoms with Crippen molar-refractivity contribution >= 4 is 5.91 Å². The van der Waals surface area contributed by atoms with Gasteiger partial charge in [-0.2, -0.15) is 5.10 Å². The highest BCUT2D eigenvalue weighted by molar-refractivity contribution is 5.95. The van der Waals surface area contributed by atoms with E-state index in [-0.39, 0.29) is 12.0 Å². The fourth-order valence-electron chi connectivity index (χ4n) is 2.65. The lowest BCUT2D eigenvalue weighted by atomic mass is 10.0. The molecule has 2 aromatic rings. The molecule has 1 aromatic heterocycles. The molecule has 0 saturated heterocycles. The summed E-state index contributed by atoms with van der Waals surface area (Å²) < 4.78 is 7.36. The van der Waals surface area contributed by atoms with Gasteiger partial charge in [-0.15, -0.1) is 0 Å². The first kappa shape index (κ1) is 18.2. The molecule has 1 heterocycles. The fraction of sp³-hybridized carbons (Fsp3) is 0.474. The van der Waals surface area contributed by atoms with Crippen LogP contribution in [0.4, 0.5) is 0 Å². The van der Waals surface area contributed by atoms with Gasteiger partial charge in [0.05, 0.1) is 12.3 Å². The Hall–Kier alpha value is -2.14. The van der Waals surface area contributed by atoms with E-state index in [4.69, 9.17) is 4.74 Å². The van der Waals surface area contributed by atoms with Gasteiger partial charge in [-0.1, -0.05) is 19.1 Å². The normalized spacial score (nSPS) is 11.0. The van der Waals surface area contributed by atoms with Crippen LogP contribution in [-0.2, 0) is 18.2 Å². The number of nitrogens with one attached hydrogen (secondary N) is 1. The molecule has 0 aliphatic heterocycles. The monoisotopic (exact) mass is 329 g/mol. The molecule has 2 rings (SSSR count). The van der Waals surface area contributed by atoms with Gasteiger partial charge in [0.25, 0.3) is 5.91 Å². The number of benzene rings is 1. The van der Waals surface area contributed by atoms with Crippen molar-refractivity contribution in [2.24, 2.45) is 7.05 Å². The van der Waals surface area contributed by atoms with E-state index in [9.17, 15) is 4.79 Å². The van der Waals surface area contributed by atoms with E-state index in [0.29, 0.717) is 18.7 Å². The molecular weight excluding hydrogens is 302 g/mol. The number of nitrogens with zero attached hydrogens (tertiary/aromatic N) is 2. The first-order valence-corrected chi connectivity index (χ1v) is 8.54. The number of aryl methyl sites for hydroxylation is 1. The van der Waals surface area contributed by atoms with Gasteiger partial charge in [0.1, 0.15) is 0 Å². The predicted molar refractivity (Wildman–Crippen MR) is 96.1 cm³/mol. The van der Waals surface area contributed by atoms with Crippen LogP contribution in [0.15, 0.2) is 30.5 Å². The Morgan fingerprint density at radius 2 is 2.17 bits per heavy atom. The van der Waals surface area contributed by atoms with Crippen LogP contribution in [0.1, 0.15) is 43.2 Å². The summed E-state index contributed by atoms with van der Waals surface area (Å²) in [6, 6.07) is 7.70. The van der Waals surface area contributed by atoms with Crippen molar-refractivity contribution in [3.8, 4) is 11.1 Å². The summed E-state index contributed by atoms with van der Waals surface area (Å²) in [7, 11) is 1.94. The van der Waals surface area contributed by atoms with E-state index < -0.39 is 0 Å². The second kappa shape index (κ2) is 8.64. The van der Waals surface area contributed by atoms with Crippen molar-refractivity contribution in [3.63, 3.8) is 0 Å². The van der Waals surface area contributed by atoms with E-state index in [1.54, 1.807) is 0 Å². The average molecular weight is 329 g/mol. The molecular formula is C19H27N3O2. The van der Waals surface area contributed by atoms with Crippen LogP contribution in [0.5, 0.6) is 0 Å². The number of amides is 1. The second-order valence-electron chi connectivity index (χ2n) is 6.09. The van der Waals surface area contributed by atoms with Crippen LogP contribution in [0.3, 0.4) is 0 Å². The second-order valence-corrected chi connectivity index (χ2v) is 6.09. The van der Waals surface area contributed by atoms with Gasteiger partial charge in [-0.3, -0.25) is 9.48 Å². The number of hydrogen-bond donors (Lipinski definition) is 1. The first-order valence-electron chi connectivity index (χ1n) is 8.54. The molecule has 1 N–H and O–H groups in total. The summed E-state index contributed by atoms with van der Waals surface area (Å²) in [4.78, 5) is 12.3. The molecule has 1 amide bonds. The minimum absolute atomic E-state index is 0.0525. The molecule has 0 fully saturated rings. The average Bonchev–Trinajstić information content (AvgIpc) is 2.95. The zero-order valence-electron chi connectivity index (χ0n) is 15.0. The predicted octanol–water partition coefficient (Wildman–Crippen LogP) is 3.19. The maximum atomic E-state index is 12.3. The Morgan fingerprint density at radius 1 is 1.38 bits per heavy atom. The number of hydrogen-bond acceptors (Lipinski definition) is 3. The lowest BCUT2D eigenvalue weighted by molar-refractivity contribution is 0.0757. The smallest absolute Gasteiger partial charge is 0.251 e. The lowest BCUT2D eigenvalue weighted by Gasteiger charge is -2.09. The minimum atomic E-state index is -0.0525. The third-order valence-corrected chi connectivity index (χ3v) is 3.89. The summed E-state index contributed by atoms with van der Waals surface area (Å²) in [5.74, 6) is -0.0525. The number of carbonyl (C=O) groups is 1.